The topological polar surface area (TPSA) is 75.5 Å². The van der Waals surface area contributed by atoms with E-state index in [1.165, 1.54) is 12.8 Å². The highest BCUT2D eigenvalue weighted by Gasteiger charge is 2.29. The fourth-order valence-electron chi connectivity index (χ4n) is 3.63. The van der Waals surface area contributed by atoms with Crippen molar-refractivity contribution in [1.82, 2.24) is 19.7 Å². The Bertz CT molecular complexity index is 786. The number of carbonyl (C=O) groups is 1. The molecule has 1 N–H and O–H groups in total. The van der Waals surface area contributed by atoms with Crippen molar-refractivity contribution in [3.05, 3.63) is 30.7 Å². The Morgan fingerprint density at radius 3 is 2.96 bits per heavy atom. The van der Waals surface area contributed by atoms with Crippen LogP contribution < -0.4 is 15.0 Å². The zero-order chi connectivity index (χ0) is 18.6. The van der Waals surface area contributed by atoms with Gasteiger partial charge in [0.05, 0.1) is 18.4 Å². The first-order chi connectivity index (χ1) is 13.2. The van der Waals surface area contributed by atoms with Gasteiger partial charge in [0.1, 0.15) is 6.10 Å². The molecule has 2 fully saturated rings. The molecule has 4 rings (SSSR count). The minimum absolute atomic E-state index is 0.0142. The third kappa shape index (κ3) is 3.99. The zero-order valence-electron chi connectivity index (χ0n) is 15.7. The molecule has 0 aromatic carbocycles. The Hall–Kier alpha value is -2.77. The van der Waals surface area contributed by atoms with Crippen LogP contribution in [0.1, 0.15) is 26.2 Å². The summed E-state index contributed by atoms with van der Waals surface area (Å²) in [7, 11) is 0. The van der Waals surface area contributed by atoms with Gasteiger partial charge in [0.15, 0.2) is 11.6 Å². The zero-order valence-corrected chi connectivity index (χ0v) is 15.7. The third-order valence-electron chi connectivity index (χ3n) is 5.09. The molecule has 144 valence electrons. The molecule has 2 aromatic heterocycles. The van der Waals surface area contributed by atoms with Gasteiger partial charge >= 0.3 is 6.03 Å². The molecule has 8 heteroatoms. The van der Waals surface area contributed by atoms with Crippen molar-refractivity contribution in [2.24, 2.45) is 0 Å². The molecule has 1 atom stereocenters. The van der Waals surface area contributed by atoms with Gasteiger partial charge in [-0.15, -0.1) is 0 Å². The van der Waals surface area contributed by atoms with E-state index >= 15 is 0 Å². The van der Waals surface area contributed by atoms with E-state index in [-0.39, 0.29) is 12.1 Å². The molecule has 0 bridgehead atoms. The van der Waals surface area contributed by atoms with Gasteiger partial charge in [-0.2, -0.15) is 5.10 Å². The molecule has 2 aliphatic heterocycles. The number of nitrogens with one attached hydrogen (secondary N) is 1. The summed E-state index contributed by atoms with van der Waals surface area (Å²) in [5.74, 6) is 1.74. The van der Waals surface area contributed by atoms with E-state index < -0.39 is 0 Å². The third-order valence-corrected chi connectivity index (χ3v) is 5.09. The van der Waals surface area contributed by atoms with Crippen LogP contribution in [0.25, 0.3) is 0 Å². The average Bonchev–Trinajstić information content (AvgIpc) is 3.44. The summed E-state index contributed by atoms with van der Waals surface area (Å²) < 4.78 is 8.01. The number of aryl methyl sites for hydroxylation is 1. The van der Waals surface area contributed by atoms with Gasteiger partial charge in [0.2, 0.25) is 0 Å². The minimum atomic E-state index is -0.109. The number of hydrogen-bond donors (Lipinski definition) is 1. The lowest BCUT2D eigenvalue weighted by Gasteiger charge is -2.22. The van der Waals surface area contributed by atoms with E-state index in [0.717, 1.165) is 43.3 Å². The second-order valence-electron chi connectivity index (χ2n) is 7.01. The van der Waals surface area contributed by atoms with Crippen LogP contribution in [0.4, 0.5) is 16.3 Å². The quantitative estimate of drug-likeness (QED) is 0.876. The van der Waals surface area contributed by atoms with E-state index in [4.69, 9.17) is 4.74 Å². The van der Waals surface area contributed by atoms with Gasteiger partial charge in [0.25, 0.3) is 0 Å². The summed E-state index contributed by atoms with van der Waals surface area (Å²) in [6.45, 7) is 6.09. The molecular formula is C19H26N6O2. The number of likely N-dealkylation sites (tertiary alicyclic amines) is 1. The van der Waals surface area contributed by atoms with Gasteiger partial charge in [0, 0.05) is 45.0 Å². The first-order valence-electron chi connectivity index (χ1n) is 9.68. The molecule has 0 radical (unpaired) electrons. The number of amides is 2. The van der Waals surface area contributed by atoms with Crippen LogP contribution in [-0.2, 0) is 6.54 Å². The highest BCUT2D eigenvalue weighted by atomic mass is 16.5. The Labute approximate surface area is 159 Å². The Balaban J connectivity index is 1.35. The van der Waals surface area contributed by atoms with Crippen LogP contribution in [-0.4, -0.2) is 58.0 Å². The minimum Gasteiger partial charge on any atom is -0.485 e. The van der Waals surface area contributed by atoms with Gasteiger partial charge in [-0.25, -0.2) is 9.78 Å². The van der Waals surface area contributed by atoms with E-state index in [1.807, 2.05) is 31.5 Å². The number of urea groups is 1. The monoisotopic (exact) mass is 370 g/mol. The second kappa shape index (κ2) is 7.85. The number of anilines is 2. The normalized spacial score (nSPS) is 19.5. The van der Waals surface area contributed by atoms with Crippen molar-refractivity contribution in [3.8, 4) is 5.75 Å². The van der Waals surface area contributed by atoms with Gasteiger partial charge in [-0.3, -0.25) is 4.68 Å². The van der Waals surface area contributed by atoms with Crippen LogP contribution in [0.5, 0.6) is 5.75 Å². The predicted octanol–water partition coefficient (Wildman–Crippen LogP) is 2.58. The number of nitrogens with zero attached hydrogens (tertiary/aromatic N) is 5. The molecule has 0 aliphatic carbocycles. The maximum atomic E-state index is 12.5. The fourth-order valence-corrected chi connectivity index (χ4v) is 3.63. The van der Waals surface area contributed by atoms with E-state index in [9.17, 15) is 4.79 Å². The lowest BCUT2D eigenvalue weighted by atomic mass is 10.3. The molecule has 4 heterocycles. The van der Waals surface area contributed by atoms with E-state index in [1.54, 1.807) is 15.8 Å². The molecule has 1 unspecified atom stereocenters. The van der Waals surface area contributed by atoms with Gasteiger partial charge in [-0.05, 0) is 31.9 Å². The van der Waals surface area contributed by atoms with Crippen molar-refractivity contribution in [2.75, 3.05) is 36.4 Å². The van der Waals surface area contributed by atoms with Crippen molar-refractivity contribution >= 4 is 17.5 Å². The SMILES string of the molecule is CCn1cc(NC(=O)N2CCC(Oc3cccnc3N3CCCC3)C2)cn1. The van der Waals surface area contributed by atoms with Crippen LogP contribution in [0.3, 0.4) is 0 Å². The molecule has 27 heavy (non-hydrogen) atoms. The molecule has 0 saturated carbocycles. The Morgan fingerprint density at radius 2 is 2.19 bits per heavy atom. The summed E-state index contributed by atoms with van der Waals surface area (Å²) in [5.41, 5.74) is 0.717. The standard InChI is InChI=1S/C19H26N6O2/c1-2-25-13-15(12-21-25)22-19(26)24-11-7-16(14-24)27-17-6-5-8-20-18(17)23-9-3-4-10-23/h5-6,8,12-13,16H,2-4,7,9-11,14H2,1H3,(H,22,26). The summed E-state index contributed by atoms with van der Waals surface area (Å²) in [6.07, 6.45) is 8.51. The maximum Gasteiger partial charge on any atom is 0.322 e. The van der Waals surface area contributed by atoms with Crippen LogP contribution in [0.2, 0.25) is 0 Å². The first-order valence-corrected chi connectivity index (χ1v) is 9.68. The fraction of sp³-hybridized carbons (Fsp3) is 0.526. The van der Waals surface area contributed by atoms with Gasteiger partial charge in [-0.1, -0.05) is 0 Å². The van der Waals surface area contributed by atoms with Crippen LogP contribution >= 0.6 is 0 Å². The van der Waals surface area contributed by atoms with Crippen molar-refractivity contribution < 1.29 is 9.53 Å². The predicted molar refractivity (Wildman–Crippen MR) is 103 cm³/mol. The van der Waals surface area contributed by atoms with Crippen LogP contribution in [0, 0.1) is 0 Å². The number of aromatic nitrogens is 3. The van der Waals surface area contributed by atoms with Crippen molar-refractivity contribution in [2.45, 2.75) is 38.8 Å². The number of hydrogen-bond acceptors (Lipinski definition) is 5. The summed E-state index contributed by atoms with van der Waals surface area (Å²) in [6, 6.07) is 3.77. The highest BCUT2D eigenvalue weighted by molar-refractivity contribution is 5.89. The van der Waals surface area contributed by atoms with Crippen molar-refractivity contribution in [1.29, 1.82) is 0 Å². The molecule has 2 aromatic rings. The van der Waals surface area contributed by atoms with Crippen molar-refractivity contribution in [3.63, 3.8) is 0 Å². The number of rotatable bonds is 5. The Morgan fingerprint density at radius 1 is 1.33 bits per heavy atom. The number of pyridine rings is 1. The number of ether oxygens (including phenoxy) is 1. The first kappa shape index (κ1) is 17.6. The average molecular weight is 370 g/mol. The molecule has 8 nitrogen and oxygen atoms in total. The molecule has 2 amide bonds. The lowest BCUT2D eigenvalue weighted by molar-refractivity contribution is 0.195. The summed E-state index contributed by atoms with van der Waals surface area (Å²) in [5, 5.41) is 7.09. The van der Waals surface area contributed by atoms with Crippen LogP contribution in [0.15, 0.2) is 30.7 Å². The smallest absolute Gasteiger partial charge is 0.322 e. The second-order valence-corrected chi connectivity index (χ2v) is 7.01. The largest absolute Gasteiger partial charge is 0.485 e. The summed E-state index contributed by atoms with van der Waals surface area (Å²) in [4.78, 5) is 21.1. The van der Waals surface area contributed by atoms with E-state index in [2.05, 4.69) is 20.3 Å². The summed E-state index contributed by atoms with van der Waals surface area (Å²) >= 11 is 0. The molecule has 2 aliphatic rings. The van der Waals surface area contributed by atoms with E-state index in [0.29, 0.717) is 13.1 Å². The van der Waals surface area contributed by atoms with Gasteiger partial charge < -0.3 is 19.9 Å². The number of carbonyl (C=O) groups excluding carboxylic acids is 1. The Kier molecular flexibility index (Phi) is 5.13. The molecule has 0 spiro atoms. The molecular weight excluding hydrogens is 344 g/mol. The maximum absolute atomic E-state index is 12.5. The molecule has 2 saturated heterocycles. The highest BCUT2D eigenvalue weighted by Crippen LogP contribution is 2.30. The lowest BCUT2D eigenvalue weighted by Crippen LogP contribution is -2.34.